The first kappa shape index (κ1) is 25.5. The average Bonchev–Trinajstić information content (AvgIpc) is 3.31. The molecule has 0 radical (unpaired) electrons. The highest BCUT2D eigenvalue weighted by Gasteiger charge is 2.37. The van der Waals surface area contributed by atoms with Crippen LogP contribution in [0.3, 0.4) is 0 Å². The van der Waals surface area contributed by atoms with Crippen molar-refractivity contribution >= 4 is 16.9 Å². The second-order valence-corrected chi connectivity index (χ2v) is 10.4. The number of hydrogen-bond acceptors (Lipinski definition) is 7. The van der Waals surface area contributed by atoms with Crippen LogP contribution in [-0.2, 0) is 22.5 Å². The van der Waals surface area contributed by atoms with E-state index in [1.807, 2.05) is 6.92 Å². The summed E-state index contributed by atoms with van der Waals surface area (Å²) in [6.07, 6.45) is 3.07. The summed E-state index contributed by atoms with van der Waals surface area (Å²) in [7, 11) is 0. The SMILES string of the molecule is CCC(=O)OC[N+]1(CCc2c(C)nc3n(c2=O)CCCC3O)CCC(c2noc3cc(F)ccc23)CC1. The van der Waals surface area contributed by atoms with Gasteiger partial charge < -0.3 is 14.4 Å². The molecule has 2 aliphatic rings. The van der Waals surface area contributed by atoms with Crippen molar-refractivity contribution in [2.75, 3.05) is 26.4 Å². The van der Waals surface area contributed by atoms with Crippen molar-refractivity contribution in [3.05, 3.63) is 57.1 Å². The van der Waals surface area contributed by atoms with Crippen LogP contribution in [0.1, 0.15) is 73.8 Å². The Kier molecular flexibility index (Phi) is 7.13. The first-order valence-corrected chi connectivity index (χ1v) is 13.1. The summed E-state index contributed by atoms with van der Waals surface area (Å²) in [6, 6.07) is 4.49. The third kappa shape index (κ3) is 5.04. The van der Waals surface area contributed by atoms with Gasteiger partial charge in [0.05, 0.1) is 25.3 Å². The minimum atomic E-state index is -0.704. The van der Waals surface area contributed by atoms with Crippen molar-refractivity contribution in [3.63, 3.8) is 0 Å². The van der Waals surface area contributed by atoms with Crippen LogP contribution >= 0.6 is 0 Å². The fraction of sp³-hybridized carbons (Fsp3) is 0.556. The quantitative estimate of drug-likeness (QED) is 0.381. The number of rotatable bonds is 7. The van der Waals surface area contributed by atoms with E-state index in [2.05, 4.69) is 10.1 Å². The standard InChI is InChI=1S/C27H34FN4O5/c1-3-24(34)36-16-32(14-10-20-17(2)29-26-22(33)5-4-11-31(26)27(20)35)12-8-18(9-13-32)25-21-7-6-19(28)15-23(21)37-30-25/h6-7,15,18,22,33H,3-5,8-14,16H2,1-2H3/q+1. The molecule has 37 heavy (non-hydrogen) atoms. The molecule has 0 bridgehead atoms. The predicted octanol–water partition coefficient (Wildman–Crippen LogP) is 3.51. The smallest absolute Gasteiger partial charge is 0.309 e. The lowest BCUT2D eigenvalue weighted by Gasteiger charge is -2.42. The number of ether oxygens (including phenoxy) is 1. The van der Waals surface area contributed by atoms with Crippen LogP contribution in [0.25, 0.3) is 11.0 Å². The van der Waals surface area contributed by atoms with Gasteiger partial charge in [0.1, 0.15) is 17.7 Å². The number of esters is 1. The minimum Gasteiger partial charge on any atom is -0.415 e. The molecule has 0 spiro atoms. The Bertz CT molecular complexity index is 1360. The molecule has 0 amide bonds. The lowest BCUT2D eigenvalue weighted by Crippen LogP contribution is -2.55. The van der Waals surface area contributed by atoms with Gasteiger partial charge in [0.2, 0.25) is 6.73 Å². The van der Waals surface area contributed by atoms with E-state index in [-0.39, 0.29) is 30.0 Å². The van der Waals surface area contributed by atoms with E-state index >= 15 is 0 Å². The number of aryl methyl sites for hydroxylation is 1. The molecule has 3 aromatic rings. The van der Waals surface area contributed by atoms with Crippen LogP contribution in [0.4, 0.5) is 4.39 Å². The van der Waals surface area contributed by atoms with Crippen LogP contribution in [0.15, 0.2) is 27.5 Å². The number of hydrogen-bond donors (Lipinski definition) is 1. The minimum absolute atomic E-state index is 0.0823. The maximum atomic E-state index is 13.6. The molecule has 1 saturated heterocycles. The highest BCUT2D eigenvalue weighted by atomic mass is 19.1. The van der Waals surface area contributed by atoms with Crippen molar-refractivity contribution in [2.45, 2.75) is 70.9 Å². The number of aromatic nitrogens is 3. The maximum absolute atomic E-state index is 13.6. The number of aliphatic hydroxyl groups is 1. The summed E-state index contributed by atoms with van der Waals surface area (Å²) in [5.74, 6) is 0.00683. The summed E-state index contributed by atoms with van der Waals surface area (Å²) >= 11 is 0. The second-order valence-electron chi connectivity index (χ2n) is 10.4. The molecule has 1 N–H and O–H groups in total. The Morgan fingerprint density at radius 3 is 2.84 bits per heavy atom. The van der Waals surface area contributed by atoms with Gasteiger partial charge in [-0.05, 0) is 31.9 Å². The van der Waals surface area contributed by atoms with Gasteiger partial charge in [0.15, 0.2) is 5.58 Å². The van der Waals surface area contributed by atoms with E-state index in [0.717, 1.165) is 43.4 Å². The number of carbonyl (C=O) groups is 1. The molecule has 9 nitrogen and oxygen atoms in total. The first-order valence-electron chi connectivity index (χ1n) is 13.1. The zero-order valence-electron chi connectivity index (χ0n) is 21.4. The van der Waals surface area contributed by atoms with E-state index in [1.165, 1.54) is 12.1 Å². The van der Waals surface area contributed by atoms with Crippen molar-refractivity contribution < 1.29 is 28.0 Å². The van der Waals surface area contributed by atoms with Crippen LogP contribution in [0, 0.1) is 12.7 Å². The molecular formula is C27H34FN4O5+. The van der Waals surface area contributed by atoms with E-state index in [1.54, 1.807) is 17.6 Å². The molecule has 4 heterocycles. The number of quaternary nitrogens is 1. The molecule has 5 rings (SSSR count). The molecule has 1 atom stereocenters. The lowest BCUT2D eigenvalue weighted by molar-refractivity contribution is -0.948. The number of piperidine rings is 1. The zero-order chi connectivity index (χ0) is 26.2. The number of halogens is 1. The fourth-order valence-electron chi connectivity index (χ4n) is 5.74. The van der Waals surface area contributed by atoms with Crippen molar-refractivity contribution in [1.82, 2.24) is 14.7 Å². The summed E-state index contributed by atoms with van der Waals surface area (Å²) in [5.41, 5.74) is 2.51. The van der Waals surface area contributed by atoms with Crippen LogP contribution in [0.2, 0.25) is 0 Å². The van der Waals surface area contributed by atoms with Crippen LogP contribution in [0.5, 0.6) is 0 Å². The van der Waals surface area contributed by atoms with Gasteiger partial charge in [0, 0.05) is 60.9 Å². The Labute approximate surface area is 214 Å². The Balaban J connectivity index is 1.35. The Hall–Kier alpha value is -3.11. The molecule has 2 aromatic heterocycles. The largest absolute Gasteiger partial charge is 0.415 e. The van der Waals surface area contributed by atoms with Crippen molar-refractivity contribution in [3.8, 4) is 0 Å². The van der Waals surface area contributed by atoms with Crippen LogP contribution in [-0.4, -0.2) is 56.6 Å². The summed E-state index contributed by atoms with van der Waals surface area (Å²) in [4.78, 5) is 29.9. The Morgan fingerprint density at radius 1 is 1.30 bits per heavy atom. The highest BCUT2D eigenvalue weighted by Crippen LogP contribution is 2.35. The van der Waals surface area contributed by atoms with Crippen molar-refractivity contribution in [2.24, 2.45) is 0 Å². The fourth-order valence-corrected chi connectivity index (χ4v) is 5.74. The average molecular weight is 514 g/mol. The van der Waals surface area contributed by atoms with Gasteiger partial charge in [-0.3, -0.25) is 18.6 Å². The summed E-state index contributed by atoms with van der Waals surface area (Å²) in [5, 5.41) is 15.4. The first-order chi connectivity index (χ1) is 17.8. The number of benzene rings is 1. The van der Waals surface area contributed by atoms with Gasteiger partial charge in [-0.1, -0.05) is 12.1 Å². The van der Waals surface area contributed by atoms with E-state index in [9.17, 15) is 19.1 Å². The molecular weight excluding hydrogens is 479 g/mol. The van der Waals surface area contributed by atoms with E-state index < -0.39 is 6.10 Å². The Morgan fingerprint density at radius 2 is 2.08 bits per heavy atom. The molecule has 1 aromatic carbocycles. The number of fused-ring (bicyclic) bond motifs is 2. The number of nitrogens with zero attached hydrogens (tertiary/aromatic N) is 4. The third-order valence-electron chi connectivity index (χ3n) is 8.03. The van der Waals surface area contributed by atoms with Gasteiger partial charge in [-0.2, -0.15) is 0 Å². The molecule has 2 aliphatic heterocycles. The van der Waals surface area contributed by atoms with Gasteiger partial charge in [-0.15, -0.1) is 0 Å². The maximum Gasteiger partial charge on any atom is 0.309 e. The summed E-state index contributed by atoms with van der Waals surface area (Å²) in [6.45, 7) is 6.54. The van der Waals surface area contributed by atoms with E-state index in [4.69, 9.17) is 9.26 Å². The highest BCUT2D eigenvalue weighted by molar-refractivity contribution is 5.79. The van der Waals surface area contributed by atoms with Gasteiger partial charge >= 0.3 is 5.97 Å². The number of aliphatic hydroxyl groups excluding tert-OH is 1. The van der Waals surface area contributed by atoms with E-state index in [0.29, 0.717) is 59.5 Å². The monoisotopic (exact) mass is 513 g/mol. The number of likely N-dealkylation sites (tertiary alicyclic amines) is 1. The van der Waals surface area contributed by atoms with Gasteiger partial charge in [0.25, 0.3) is 5.56 Å². The molecule has 198 valence electrons. The molecule has 0 saturated carbocycles. The third-order valence-corrected chi connectivity index (χ3v) is 8.03. The van der Waals surface area contributed by atoms with Crippen molar-refractivity contribution in [1.29, 1.82) is 0 Å². The zero-order valence-corrected chi connectivity index (χ0v) is 21.4. The molecule has 1 unspecified atom stereocenters. The lowest BCUT2D eigenvalue weighted by atomic mass is 9.90. The predicted molar refractivity (Wildman–Crippen MR) is 133 cm³/mol. The second kappa shape index (κ2) is 10.3. The normalized spacial score (nSPS) is 23.7. The molecule has 10 heteroatoms. The van der Waals surface area contributed by atoms with Crippen LogP contribution < -0.4 is 5.56 Å². The summed E-state index contributed by atoms with van der Waals surface area (Å²) < 4.78 is 26.8. The topological polar surface area (TPSA) is 107 Å². The number of carbonyl (C=O) groups excluding carboxylic acids is 1. The molecule has 1 fully saturated rings. The van der Waals surface area contributed by atoms with Gasteiger partial charge in [-0.25, -0.2) is 9.37 Å². The molecule has 0 aliphatic carbocycles.